The highest BCUT2D eigenvalue weighted by atomic mass is 15.3. The van der Waals surface area contributed by atoms with Crippen LogP contribution in [0, 0.1) is 17.3 Å². The number of nitrogens with zero attached hydrogens (tertiary/aromatic N) is 1. The van der Waals surface area contributed by atoms with Crippen LogP contribution in [0.1, 0.15) is 110 Å². The van der Waals surface area contributed by atoms with E-state index in [9.17, 15) is 0 Å². The van der Waals surface area contributed by atoms with E-state index < -0.39 is 0 Å². The van der Waals surface area contributed by atoms with Crippen molar-refractivity contribution >= 4 is 5.69 Å². The van der Waals surface area contributed by atoms with Crippen molar-refractivity contribution in [3.63, 3.8) is 0 Å². The molecule has 0 saturated carbocycles. The minimum absolute atomic E-state index is 0.0818. The highest BCUT2D eigenvalue weighted by Crippen LogP contribution is 2.51. The molecular weight excluding hydrogens is 350 g/mol. The van der Waals surface area contributed by atoms with E-state index in [1.54, 1.807) is 0 Å². The normalized spacial score (nSPS) is 23.2. The topological polar surface area (TPSA) is 3.24 Å². The van der Waals surface area contributed by atoms with E-state index in [0.717, 1.165) is 12.8 Å². The molecule has 0 spiro atoms. The van der Waals surface area contributed by atoms with Gasteiger partial charge in [0.1, 0.15) is 0 Å². The largest absolute Gasteiger partial charge is 0.351 e. The predicted octanol–water partition coefficient (Wildman–Crippen LogP) is 7.82. The molecule has 1 aromatic rings. The van der Waals surface area contributed by atoms with Crippen LogP contribution in [-0.4, -0.2) is 11.6 Å². The third-order valence-electron chi connectivity index (χ3n) is 6.78. The van der Waals surface area contributed by atoms with Crippen molar-refractivity contribution in [3.8, 4) is 11.8 Å². The van der Waals surface area contributed by atoms with Gasteiger partial charge in [0.2, 0.25) is 0 Å². The van der Waals surface area contributed by atoms with E-state index in [-0.39, 0.29) is 17.0 Å². The van der Waals surface area contributed by atoms with E-state index >= 15 is 0 Å². The lowest BCUT2D eigenvalue weighted by atomic mass is 9.81. The molecule has 1 atom stereocenters. The second-order valence-electron chi connectivity index (χ2n) is 11.1. The predicted molar refractivity (Wildman–Crippen MR) is 128 cm³/mol. The summed E-state index contributed by atoms with van der Waals surface area (Å²) in [5.41, 5.74) is 5.97. The molecule has 1 heteroatoms. The van der Waals surface area contributed by atoms with Gasteiger partial charge in [-0.25, -0.2) is 0 Å². The summed E-state index contributed by atoms with van der Waals surface area (Å²) in [6.45, 7) is 19.0. The highest BCUT2D eigenvalue weighted by Gasteiger charge is 2.51. The molecule has 0 aromatic heterocycles. The van der Waals surface area contributed by atoms with E-state index in [0.29, 0.717) is 11.8 Å². The molecule has 0 bridgehead atoms. The first-order valence-corrected chi connectivity index (χ1v) is 11.7. The molecule has 29 heavy (non-hydrogen) atoms. The Bertz CT molecular complexity index is 799. The van der Waals surface area contributed by atoms with Gasteiger partial charge in [-0.15, -0.1) is 0 Å². The van der Waals surface area contributed by atoms with Gasteiger partial charge >= 0.3 is 0 Å². The molecule has 1 unspecified atom stereocenters. The van der Waals surface area contributed by atoms with Crippen molar-refractivity contribution in [2.45, 2.75) is 111 Å². The van der Waals surface area contributed by atoms with Gasteiger partial charge in [0, 0.05) is 11.2 Å². The van der Waals surface area contributed by atoms with Crippen LogP contribution in [0.2, 0.25) is 0 Å². The van der Waals surface area contributed by atoms with Crippen molar-refractivity contribution in [2.75, 3.05) is 4.90 Å². The second kappa shape index (κ2) is 8.22. The molecule has 0 N–H and O–H groups in total. The van der Waals surface area contributed by atoms with Gasteiger partial charge in [0.05, 0.1) is 6.04 Å². The molecule has 1 aliphatic heterocycles. The van der Waals surface area contributed by atoms with Crippen LogP contribution in [-0.2, 0) is 0 Å². The maximum absolute atomic E-state index is 3.79. The van der Waals surface area contributed by atoms with Crippen molar-refractivity contribution in [1.29, 1.82) is 0 Å². The molecular formula is C28H41N. The summed E-state index contributed by atoms with van der Waals surface area (Å²) in [4.78, 5) is 2.70. The van der Waals surface area contributed by atoms with Crippen molar-refractivity contribution in [2.24, 2.45) is 5.41 Å². The third-order valence-corrected chi connectivity index (χ3v) is 6.78. The molecule has 1 saturated heterocycles. The molecule has 1 aliphatic carbocycles. The Kier molecular flexibility index (Phi) is 6.24. The maximum atomic E-state index is 3.79. The molecule has 1 aromatic carbocycles. The Morgan fingerprint density at radius 3 is 2.10 bits per heavy atom. The molecule has 158 valence electrons. The highest BCUT2D eigenvalue weighted by molar-refractivity contribution is 5.66. The lowest BCUT2D eigenvalue weighted by Crippen LogP contribution is -2.45. The molecule has 0 amide bonds. The average molecular weight is 392 g/mol. The molecule has 2 aliphatic rings. The summed E-state index contributed by atoms with van der Waals surface area (Å²) in [7, 11) is 0. The summed E-state index contributed by atoms with van der Waals surface area (Å²) < 4.78 is 0. The minimum Gasteiger partial charge on any atom is -0.351 e. The van der Waals surface area contributed by atoms with Crippen LogP contribution >= 0.6 is 0 Å². The first-order valence-electron chi connectivity index (χ1n) is 11.7. The average Bonchev–Trinajstić information content (AvgIpc) is 2.82. The van der Waals surface area contributed by atoms with E-state index in [1.165, 1.54) is 41.6 Å². The van der Waals surface area contributed by atoms with Gasteiger partial charge in [-0.1, -0.05) is 77.7 Å². The van der Waals surface area contributed by atoms with Crippen LogP contribution < -0.4 is 4.90 Å². The fraction of sp³-hybridized carbons (Fsp3) is 0.643. The number of hydrogen-bond donors (Lipinski definition) is 0. The maximum Gasteiger partial charge on any atom is 0.0964 e. The first kappa shape index (κ1) is 22.0. The van der Waals surface area contributed by atoms with E-state index in [2.05, 4.69) is 96.4 Å². The van der Waals surface area contributed by atoms with Crippen molar-refractivity contribution in [3.05, 3.63) is 41.0 Å². The SMILES string of the molecule is CC(C)c1cccc(C(C)C)c1N1C(C#CC2=CCCCC2)C(C)(C)CC1(C)C. The molecule has 1 nitrogen and oxygen atoms in total. The summed E-state index contributed by atoms with van der Waals surface area (Å²) in [5.74, 6) is 8.41. The zero-order valence-electron chi connectivity index (χ0n) is 20.0. The van der Waals surface area contributed by atoms with Crippen LogP contribution in [0.3, 0.4) is 0 Å². The quantitative estimate of drug-likeness (QED) is 0.475. The lowest BCUT2D eigenvalue weighted by molar-refractivity contribution is 0.348. The number of anilines is 1. The zero-order valence-corrected chi connectivity index (χ0v) is 20.0. The first-order chi connectivity index (χ1) is 13.5. The van der Waals surface area contributed by atoms with Crippen LogP contribution in [0.25, 0.3) is 0 Å². The van der Waals surface area contributed by atoms with Gasteiger partial charge in [0.25, 0.3) is 0 Å². The van der Waals surface area contributed by atoms with Gasteiger partial charge in [-0.3, -0.25) is 0 Å². The number of benzene rings is 1. The second-order valence-corrected chi connectivity index (χ2v) is 11.1. The third kappa shape index (κ3) is 4.42. The fourth-order valence-corrected chi connectivity index (χ4v) is 5.59. The summed E-state index contributed by atoms with van der Waals surface area (Å²) in [6.07, 6.45) is 8.48. The van der Waals surface area contributed by atoms with Gasteiger partial charge in [-0.2, -0.15) is 0 Å². The molecule has 0 radical (unpaired) electrons. The number of para-hydroxylation sites is 1. The Morgan fingerprint density at radius 1 is 0.966 bits per heavy atom. The summed E-state index contributed by atoms with van der Waals surface area (Å²) in [5, 5.41) is 0. The van der Waals surface area contributed by atoms with Crippen LogP contribution in [0.15, 0.2) is 29.8 Å². The Hall–Kier alpha value is -1.68. The monoisotopic (exact) mass is 391 g/mol. The number of allylic oxidation sites excluding steroid dienone is 2. The van der Waals surface area contributed by atoms with E-state index in [1.807, 2.05) is 0 Å². The minimum atomic E-state index is 0.0818. The molecule has 1 heterocycles. The zero-order chi connectivity index (χ0) is 21.4. The van der Waals surface area contributed by atoms with E-state index in [4.69, 9.17) is 0 Å². The van der Waals surface area contributed by atoms with Gasteiger partial charge in [-0.05, 0) is 79.9 Å². The van der Waals surface area contributed by atoms with Crippen molar-refractivity contribution in [1.82, 2.24) is 0 Å². The Balaban J connectivity index is 2.17. The number of rotatable bonds is 3. The van der Waals surface area contributed by atoms with Crippen LogP contribution in [0.5, 0.6) is 0 Å². The standard InChI is InChI=1S/C28H41N/c1-20(2)23-15-12-16-24(21(3)4)26(23)29-25(27(5,6)19-28(29,7)8)18-17-22-13-10-9-11-14-22/h12-13,15-16,20-21,25H,9-11,14,19H2,1-8H3. The molecule has 1 fully saturated rings. The van der Waals surface area contributed by atoms with Crippen molar-refractivity contribution < 1.29 is 0 Å². The fourth-order valence-electron chi connectivity index (χ4n) is 5.59. The van der Waals surface area contributed by atoms with Gasteiger partial charge < -0.3 is 4.90 Å². The molecule has 3 rings (SSSR count). The van der Waals surface area contributed by atoms with Gasteiger partial charge in [0.15, 0.2) is 0 Å². The summed E-state index contributed by atoms with van der Waals surface area (Å²) >= 11 is 0. The Morgan fingerprint density at radius 2 is 1.59 bits per heavy atom. The smallest absolute Gasteiger partial charge is 0.0964 e. The summed E-state index contributed by atoms with van der Waals surface area (Å²) in [6, 6.07) is 7.15. The lowest BCUT2D eigenvalue weighted by Gasteiger charge is -2.41. The number of hydrogen-bond acceptors (Lipinski definition) is 1. The Labute approximate surface area is 180 Å². The van der Waals surface area contributed by atoms with Crippen LogP contribution in [0.4, 0.5) is 5.69 Å².